The van der Waals surface area contributed by atoms with Crippen molar-refractivity contribution >= 4 is 15.6 Å². The Morgan fingerprint density at radius 3 is 1.39 bits per heavy atom. The van der Waals surface area contributed by atoms with Gasteiger partial charge in [-0.05, 0) is 0 Å². The quantitative estimate of drug-likeness (QED) is 0.685. The van der Waals surface area contributed by atoms with Gasteiger partial charge in [0.1, 0.15) is 5.75 Å². The molecule has 0 atom stereocenters. The fourth-order valence-electron chi connectivity index (χ4n) is 1.04. The third-order valence-corrected chi connectivity index (χ3v) is 4.34. The lowest BCUT2D eigenvalue weighted by molar-refractivity contribution is -0.382. The van der Waals surface area contributed by atoms with Crippen LogP contribution >= 0.6 is 0 Å². The average Bonchev–Trinajstić information content (AvgIpc) is 2.24. The van der Waals surface area contributed by atoms with E-state index < -0.39 is 50.1 Å². The van der Waals surface area contributed by atoms with E-state index in [0.29, 0.717) is 0 Å². The molecule has 0 saturated heterocycles. The van der Waals surface area contributed by atoms with Crippen LogP contribution < -0.4 is 0 Å². The van der Waals surface area contributed by atoms with Gasteiger partial charge in [0.05, 0.1) is 0 Å². The summed E-state index contributed by atoms with van der Waals surface area (Å²) < 4.78 is 136. The summed E-state index contributed by atoms with van der Waals surface area (Å²) in [6.07, 6.45) is -7.14. The fourth-order valence-corrected chi connectivity index (χ4v) is 2.51. The maximum Gasteiger partial charge on any atom is 0.460 e. The normalized spacial score (nSPS) is 15.7. The molecule has 0 spiro atoms. The lowest BCUT2D eigenvalue weighted by Crippen LogP contribution is -2.63. The molecule has 0 aromatic rings. The highest BCUT2D eigenvalue weighted by atomic mass is 32.2. The maximum atomic E-state index is 13.3. The molecule has 0 amide bonds. The van der Waals surface area contributed by atoms with E-state index in [0.717, 1.165) is 20.8 Å². The summed E-state index contributed by atoms with van der Waals surface area (Å²) in [5, 5.41) is -6.82. The summed E-state index contributed by atoms with van der Waals surface area (Å²) in [5.74, 6) is -18.5. The lowest BCUT2D eigenvalue weighted by atomic mass is 9.92. The van der Waals surface area contributed by atoms with Gasteiger partial charge in [0, 0.05) is 5.41 Å². The van der Waals surface area contributed by atoms with Crippen molar-refractivity contribution in [1.29, 1.82) is 0 Å². The van der Waals surface area contributed by atoms with Crippen LogP contribution in [0.2, 0.25) is 0 Å². The number of carbonyl (C=O) groups excluding carboxylic acids is 1. The minimum Gasteiger partial charge on any atom is -0.298 e. The summed E-state index contributed by atoms with van der Waals surface area (Å²) >= 11 is 0. The van der Waals surface area contributed by atoms with Crippen molar-refractivity contribution in [1.82, 2.24) is 0 Å². The Kier molecular flexibility index (Phi) is 5.28. The molecule has 0 heterocycles. The molecule has 0 unspecified atom stereocenters. The zero-order valence-electron chi connectivity index (χ0n) is 11.7. The smallest absolute Gasteiger partial charge is 0.298 e. The first-order valence-electron chi connectivity index (χ1n) is 5.58. The van der Waals surface area contributed by atoms with Crippen LogP contribution in [0.5, 0.6) is 0 Å². The van der Waals surface area contributed by atoms with E-state index in [1.54, 1.807) is 0 Å². The Morgan fingerprint density at radius 2 is 1.13 bits per heavy atom. The summed E-state index contributed by atoms with van der Waals surface area (Å²) in [6, 6.07) is 0. The third-order valence-electron chi connectivity index (χ3n) is 2.66. The zero-order chi connectivity index (χ0) is 19.3. The first-order valence-corrected chi connectivity index (χ1v) is 7.24. The second-order valence-corrected chi connectivity index (χ2v) is 7.63. The second-order valence-electron chi connectivity index (χ2n) is 5.60. The number of Topliss-reactive ketones (excluding diaryl/α,β-unsaturated/α-hetero) is 1. The molecule has 0 aliphatic heterocycles. The molecule has 0 aliphatic carbocycles. The van der Waals surface area contributed by atoms with Crippen molar-refractivity contribution in [3.63, 3.8) is 0 Å². The van der Waals surface area contributed by atoms with Gasteiger partial charge < -0.3 is 0 Å². The molecule has 0 radical (unpaired) electrons. The van der Waals surface area contributed by atoms with Crippen molar-refractivity contribution in [2.24, 2.45) is 5.41 Å². The van der Waals surface area contributed by atoms with E-state index in [1.165, 1.54) is 0 Å². The lowest BCUT2D eigenvalue weighted by Gasteiger charge is -2.33. The highest BCUT2D eigenvalue weighted by Crippen LogP contribution is 2.54. The molecule has 138 valence electrons. The molecular formula is C10H11F9O3S. The fraction of sp³-hybridized carbons (Fsp3) is 0.900. The first-order chi connectivity index (χ1) is 9.63. The number of ketones is 1. The van der Waals surface area contributed by atoms with E-state index in [4.69, 9.17) is 0 Å². The van der Waals surface area contributed by atoms with Crippen LogP contribution in [0.3, 0.4) is 0 Å². The average molecular weight is 382 g/mol. The van der Waals surface area contributed by atoms with E-state index in [-0.39, 0.29) is 0 Å². The van der Waals surface area contributed by atoms with Crippen molar-refractivity contribution in [2.75, 3.05) is 5.75 Å². The summed E-state index contributed by atoms with van der Waals surface area (Å²) in [6.45, 7) is 3.02. The van der Waals surface area contributed by atoms with Crippen LogP contribution in [-0.2, 0) is 14.6 Å². The van der Waals surface area contributed by atoms with Gasteiger partial charge in [-0.15, -0.1) is 0 Å². The predicted molar refractivity (Wildman–Crippen MR) is 59.1 cm³/mol. The molecule has 0 fully saturated rings. The molecule has 0 bridgehead atoms. The van der Waals surface area contributed by atoms with E-state index >= 15 is 0 Å². The monoisotopic (exact) mass is 382 g/mol. The summed E-state index contributed by atoms with van der Waals surface area (Å²) in [4.78, 5) is 11.3. The number of hydrogen-bond donors (Lipinski definition) is 0. The molecular weight excluding hydrogens is 371 g/mol. The molecule has 23 heavy (non-hydrogen) atoms. The standard InChI is InChI=1S/C10H11F9O3S/c1-6(2,3)5(20)4-23(21,22)10(18,19)8(13,14)7(11,12)9(15,16)17/h4H2,1-3H3. The highest BCUT2D eigenvalue weighted by Gasteiger charge is 2.85. The molecule has 0 aliphatic rings. The van der Waals surface area contributed by atoms with E-state index in [9.17, 15) is 52.7 Å². The SMILES string of the molecule is CC(C)(C)C(=O)CS(=O)(=O)C(F)(F)C(F)(F)C(F)(F)C(F)(F)F. The van der Waals surface area contributed by atoms with Crippen LogP contribution in [0.4, 0.5) is 39.5 Å². The third kappa shape index (κ3) is 3.58. The Bertz CT molecular complexity index is 569. The molecule has 0 saturated carbocycles. The highest BCUT2D eigenvalue weighted by molar-refractivity contribution is 7.93. The first kappa shape index (κ1) is 22.0. The van der Waals surface area contributed by atoms with Crippen LogP contribution in [-0.4, -0.2) is 43.2 Å². The van der Waals surface area contributed by atoms with Gasteiger partial charge in [0.15, 0.2) is 5.78 Å². The largest absolute Gasteiger partial charge is 0.460 e. The topological polar surface area (TPSA) is 51.2 Å². The number of hydrogen-bond acceptors (Lipinski definition) is 3. The Hall–Kier alpha value is -1.01. The van der Waals surface area contributed by atoms with Gasteiger partial charge in [0.25, 0.3) is 0 Å². The van der Waals surface area contributed by atoms with Crippen LogP contribution in [0.25, 0.3) is 0 Å². The number of sulfone groups is 1. The molecule has 0 aromatic carbocycles. The van der Waals surface area contributed by atoms with Gasteiger partial charge in [-0.1, -0.05) is 20.8 Å². The summed E-state index contributed by atoms with van der Waals surface area (Å²) in [5.41, 5.74) is -1.63. The number of halogens is 9. The number of alkyl halides is 9. The van der Waals surface area contributed by atoms with Crippen LogP contribution in [0.1, 0.15) is 20.8 Å². The molecule has 0 aromatic heterocycles. The Labute approximate surface area is 124 Å². The molecule has 0 rings (SSSR count). The Balaban J connectivity index is 6.02. The van der Waals surface area contributed by atoms with Gasteiger partial charge in [-0.2, -0.15) is 39.5 Å². The molecule has 0 N–H and O–H groups in total. The Morgan fingerprint density at radius 1 is 0.783 bits per heavy atom. The van der Waals surface area contributed by atoms with E-state index in [1.807, 2.05) is 0 Å². The molecule has 3 nitrogen and oxygen atoms in total. The minimum absolute atomic E-state index is 1.01. The minimum atomic E-state index is -7.33. The van der Waals surface area contributed by atoms with Crippen LogP contribution in [0, 0.1) is 5.41 Å². The van der Waals surface area contributed by atoms with Crippen molar-refractivity contribution in [2.45, 2.75) is 44.0 Å². The number of rotatable bonds is 5. The zero-order valence-corrected chi connectivity index (χ0v) is 12.6. The molecule has 13 heteroatoms. The van der Waals surface area contributed by atoms with E-state index in [2.05, 4.69) is 0 Å². The van der Waals surface area contributed by atoms with Crippen molar-refractivity contribution in [3.05, 3.63) is 0 Å². The number of carbonyl (C=O) groups is 1. The maximum absolute atomic E-state index is 13.3. The summed E-state index contributed by atoms with van der Waals surface area (Å²) in [7, 11) is -6.66. The van der Waals surface area contributed by atoms with Gasteiger partial charge in [-0.3, -0.25) is 4.79 Å². The second kappa shape index (κ2) is 5.52. The predicted octanol–water partition coefficient (Wildman–Crippen LogP) is 3.44. The van der Waals surface area contributed by atoms with Crippen LogP contribution in [0.15, 0.2) is 0 Å². The van der Waals surface area contributed by atoms with Gasteiger partial charge in [0.2, 0.25) is 9.84 Å². The van der Waals surface area contributed by atoms with Crippen molar-refractivity contribution < 1.29 is 52.7 Å². The van der Waals surface area contributed by atoms with Gasteiger partial charge >= 0.3 is 23.3 Å². The van der Waals surface area contributed by atoms with Crippen molar-refractivity contribution in [3.8, 4) is 0 Å². The van der Waals surface area contributed by atoms with Gasteiger partial charge in [-0.25, -0.2) is 8.42 Å².